The van der Waals surface area contributed by atoms with Crippen molar-refractivity contribution in [3.63, 3.8) is 0 Å². The normalized spacial score (nSPS) is 10.6. The first-order valence-corrected chi connectivity index (χ1v) is 7.44. The molecule has 1 N–H and O–H groups in total. The van der Waals surface area contributed by atoms with Gasteiger partial charge in [-0.3, -0.25) is 14.5 Å². The summed E-state index contributed by atoms with van der Waals surface area (Å²) in [5, 5.41) is 7.49. The molecule has 3 rings (SSSR count). The molecule has 22 heavy (non-hydrogen) atoms. The quantitative estimate of drug-likeness (QED) is 0.748. The molecule has 0 saturated carbocycles. The monoisotopic (exact) mass is 329 g/mol. The molecular formula is C16H12ClN3OS. The molecule has 1 heterocycles. The average molecular weight is 330 g/mol. The number of H-pyrrole nitrogens is 1. The highest BCUT2D eigenvalue weighted by atomic mass is 35.5. The second-order valence-electron chi connectivity index (χ2n) is 4.75. The van der Waals surface area contributed by atoms with Crippen LogP contribution in [0.2, 0.25) is 5.02 Å². The summed E-state index contributed by atoms with van der Waals surface area (Å²) in [7, 11) is 0. The summed E-state index contributed by atoms with van der Waals surface area (Å²) in [5.74, 6) is 0. The maximum Gasteiger partial charge on any atom is 0.281 e. The summed E-state index contributed by atoms with van der Waals surface area (Å²) in [6, 6.07) is 16.6. The largest absolute Gasteiger partial charge is 0.281 e. The van der Waals surface area contributed by atoms with Crippen LogP contribution in [0, 0.1) is 4.77 Å². The van der Waals surface area contributed by atoms with Crippen molar-refractivity contribution in [2.45, 2.75) is 6.42 Å². The van der Waals surface area contributed by atoms with Gasteiger partial charge in [-0.25, -0.2) is 0 Å². The first-order chi connectivity index (χ1) is 10.6. The number of nitrogens with zero attached hydrogens (tertiary/aromatic N) is 2. The Labute approximate surface area is 137 Å². The molecule has 2 aromatic carbocycles. The van der Waals surface area contributed by atoms with Crippen LogP contribution in [0.1, 0.15) is 11.3 Å². The van der Waals surface area contributed by atoms with Crippen LogP contribution < -0.4 is 5.56 Å². The number of hydrogen-bond acceptors (Lipinski definition) is 3. The Hall–Kier alpha value is -2.24. The number of rotatable bonds is 3. The molecule has 0 amide bonds. The summed E-state index contributed by atoms with van der Waals surface area (Å²) in [6.45, 7) is 0. The fourth-order valence-corrected chi connectivity index (χ4v) is 2.52. The Balaban J connectivity index is 2.06. The second kappa shape index (κ2) is 6.25. The Bertz CT molecular complexity index is 901. The predicted molar refractivity (Wildman–Crippen MR) is 89.3 cm³/mol. The van der Waals surface area contributed by atoms with E-state index in [0.29, 0.717) is 22.8 Å². The SMILES string of the molecule is O=c1c(Cc2ccc(Cl)cc2)n[nH]c(=S)n1-c1ccccc1. The van der Waals surface area contributed by atoms with Crippen molar-refractivity contribution in [1.82, 2.24) is 14.8 Å². The van der Waals surface area contributed by atoms with Crippen LogP contribution in [0.15, 0.2) is 59.4 Å². The van der Waals surface area contributed by atoms with Crippen molar-refractivity contribution in [3.8, 4) is 5.69 Å². The number of aromatic amines is 1. The molecule has 6 heteroatoms. The van der Waals surface area contributed by atoms with E-state index in [4.69, 9.17) is 23.8 Å². The number of aromatic nitrogens is 3. The van der Waals surface area contributed by atoms with E-state index in [0.717, 1.165) is 5.56 Å². The van der Waals surface area contributed by atoms with Crippen molar-refractivity contribution in [1.29, 1.82) is 0 Å². The highest BCUT2D eigenvalue weighted by Crippen LogP contribution is 2.11. The molecule has 0 aliphatic heterocycles. The maximum atomic E-state index is 12.6. The van der Waals surface area contributed by atoms with E-state index in [-0.39, 0.29) is 10.3 Å². The third-order valence-corrected chi connectivity index (χ3v) is 3.76. The van der Waals surface area contributed by atoms with Gasteiger partial charge in [-0.15, -0.1) is 0 Å². The van der Waals surface area contributed by atoms with Crippen LogP contribution in [0.25, 0.3) is 5.69 Å². The van der Waals surface area contributed by atoms with Gasteiger partial charge in [0.15, 0.2) is 0 Å². The average Bonchev–Trinajstić information content (AvgIpc) is 2.53. The molecule has 0 bridgehead atoms. The van der Waals surface area contributed by atoms with Crippen LogP contribution in [0.4, 0.5) is 0 Å². The topological polar surface area (TPSA) is 50.7 Å². The fraction of sp³-hybridized carbons (Fsp3) is 0.0625. The van der Waals surface area contributed by atoms with Crippen LogP contribution in [-0.2, 0) is 6.42 Å². The van der Waals surface area contributed by atoms with Crippen molar-refractivity contribution >= 4 is 23.8 Å². The van der Waals surface area contributed by atoms with Gasteiger partial charge in [0.2, 0.25) is 4.77 Å². The lowest BCUT2D eigenvalue weighted by molar-refractivity contribution is 0.783. The molecule has 0 spiro atoms. The standard InChI is InChI=1S/C16H12ClN3OS/c17-12-8-6-11(7-9-12)10-14-15(21)20(16(22)19-18-14)13-4-2-1-3-5-13/h1-9H,10H2,(H,19,22). The molecule has 0 saturated heterocycles. The molecule has 1 aromatic heterocycles. The minimum absolute atomic E-state index is 0.218. The zero-order chi connectivity index (χ0) is 15.5. The number of hydrogen-bond donors (Lipinski definition) is 1. The van der Waals surface area contributed by atoms with Crippen LogP contribution in [-0.4, -0.2) is 14.8 Å². The van der Waals surface area contributed by atoms with E-state index in [2.05, 4.69) is 10.2 Å². The molecule has 0 radical (unpaired) electrons. The zero-order valence-electron chi connectivity index (χ0n) is 11.5. The molecule has 0 aliphatic rings. The third-order valence-electron chi connectivity index (χ3n) is 3.24. The van der Waals surface area contributed by atoms with Gasteiger partial charge in [0.25, 0.3) is 5.56 Å². The van der Waals surface area contributed by atoms with Crippen LogP contribution in [0.5, 0.6) is 0 Å². The zero-order valence-corrected chi connectivity index (χ0v) is 13.1. The first-order valence-electron chi connectivity index (χ1n) is 6.65. The number of nitrogens with one attached hydrogen (secondary N) is 1. The van der Waals surface area contributed by atoms with E-state index in [1.165, 1.54) is 4.57 Å². The Morgan fingerprint density at radius 2 is 1.77 bits per heavy atom. The van der Waals surface area contributed by atoms with E-state index >= 15 is 0 Å². The molecule has 110 valence electrons. The van der Waals surface area contributed by atoms with Gasteiger partial charge in [-0.05, 0) is 42.0 Å². The van der Waals surface area contributed by atoms with Crippen molar-refractivity contribution in [3.05, 3.63) is 86.0 Å². The Kier molecular flexibility index (Phi) is 4.18. The summed E-state index contributed by atoms with van der Waals surface area (Å²) in [5.41, 5.74) is 1.86. The van der Waals surface area contributed by atoms with Gasteiger partial charge < -0.3 is 0 Å². The van der Waals surface area contributed by atoms with Gasteiger partial charge in [-0.1, -0.05) is 41.9 Å². The van der Waals surface area contributed by atoms with Gasteiger partial charge in [0.1, 0.15) is 5.69 Å². The predicted octanol–water partition coefficient (Wildman–Crippen LogP) is 3.53. The summed E-state index contributed by atoms with van der Waals surface area (Å²) in [4.78, 5) is 12.6. The minimum atomic E-state index is -0.218. The second-order valence-corrected chi connectivity index (χ2v) is 5.58. The molecule has 0 aliphatic carbocycles. The van der Waals surface area contributed by atoms with Crippen molar-refractivity contribution in [2.75, 3.05) is 0 Å². The third kappa shape index (κ3) is 3.00. The maximum absolute atomic E-state index is 12.6. The first kappa shape index (κ1) is 14.7. The fourth-order valence-electron chi connectivity index (χ4n) is 2.16. The van der Waals surface area contributed by atoms with Crippen LogP contribution in [0.3, 0.4) is 0 Å². The minimum Gasteiger partial charge on any atom is -0.267 e. The summed E-state index contributed by atoms with van der Waals surface area (Å²) >= 11 is 11.1. The smallest absolute Gasteiger partial charge is 0.267 e. The molecule has 0 atom stereocenters. The Morgan fingerprint density at radius 1 is 1.09 bits per heavy atom. The molecule has 4 nitrogen and oxygen atoms in total. The van der Waals surface area contributed by atoms with Crippen LogP contribution >= 0.6 is 23.8 Å². The molecule has 0 unspecified atom stereocenters. The van der Waals surface area contributed by atoms with E-state index < -0.39 is 0 Å². The van der Waals surface area contributed by atoms with Gasteiger partial charge >= 0.3 is 0 Å². The van der Waals surface area contributed by atoms with E-state index in [9.17, 15) is 4.79 Å². The Morgan fingerprint density at radius 3 is 2.45 bits per heavy atom. The van der Waals surface area contributed by atoms with Gasteiger partial charge in [0.05, 0.1) is 5.69 Å². The van der Waals surface area contributed by atoms with E-state index in [1.807, 2.05) is 42.5 Å². The van der Waals surface area contributed by atoms with E-state index in [1.54, 1.807) is 12.1 Å². The van der Waals surface area contributed by atoms with Gasteiger partial charge in [-0.2, -0.15) is 5.10 Å². The highest BCUT2D eigenvalue weighted by molar-refractivity contribution is 7.71. The van der Waals surface area contributed by atoms with Crippen molar-refractivity contribution in [2.24, 2.45) is 0 Å². The highest BCUT2D eigenvalue weighted by Gasteiger charge is 2.09. The van der Waals surface area contributed by atoms with Gasteiger partial charge in [0, 0.05) is 11.4 Å². The molecule has 0 fully saturated rings. The number of para-hydroxylation sites is 1. The molecular weight excluding hydrogens is 318 g/mol. The summed E-state index contributed by atoms with van der Waals surface area (Å²) in [6.07, 6.45) is 0.412. The lowest BCUT2D eigenvalue weighted by Crippen LogP contribution is -2.26. The molecule has 3 aromatic rings. The summed E-state index contributed by atoms with van der Waals surface area (Å²) < 4.78 is 1.73. The lowest BCUT2D eigenvalue weighted by Gasteiger charge is -2.07. The lowest BCUT2D eigenvalue weighted by atomic mass is 10.1. The van der Waals surface area contributed by atoms with Crippen molar-refractivity contribution < 1.29 is 0 Å². The number of halogens is 1. The number of benzene rings is 2.